The van der Waals surface area contributed by atoms with Crippen LogP contribution in [0.15, 0.2) is 61.1 Å². The zero-order valence-corrected chi connectivity index (χ0v) is 16.6. The molecule has 0 spiro atoms. The highest BCUT2D eigenvalue weighted by Gasteiger charge is 2.19. The van der Waals surface area contributed by atoms with Gasteiger partial charge in [0.2, 0.25) is 0 Å². The molecule has 4 aromatic rings. The van der Waals surface area contributed by atoms with Crippen LogP contribution in [0.5, 0.6) is 0 Å². The van der Waals surface area contributed by atoms with Crippen LogP contribution in [0.25, 0.3) is 28.3 Å². The summed E-state index contributed by atoms with van der Waals surface area (Å²) in [6.07, 6.45) is 5.59. The number of aromatic nitrogens is 4. The predicted molar refractivity (Wildman–Crippen MR) is 113 cm³/mol. The van der Waals surface area contributed by atoms with Crippen molar-refractivity contribution in [1.29, 1.82) is 0 Å². The van der Waals surface area contributed by atoms with Crippen molar-refractivity contribution in [3.05, 3.63) is 71.8 Å². The van der Waals surface area contributed by atoms with Crippen LogP contribution in [0.4, 0.5) is 0 Å². The van der Waals surface area contributed by atoms with E-state index in [9.17, 15) is 0 Å². The number of nitrogens with zero attached hydrogens (tertiary/aromatic N) is 5. The Morgan fingerprint density at radius 1 is 0.931 bits per heavy atom. The topological polar surface area (TPSA) is 55.5 Å². The molecule has 1 saturated heterocycles. The highest BCUT2D eigenvalue weighted by molar-refractivity contribution is 6.30. The standard InChI is InChI=1S/C22H20ClN5O/c23-18-5-2-16(3-6-18)21-19(15-27-10-12-29-13-11-27)28-14-17(4-7-20(28)26-21)22-24-8-1-9-25-22/h1-9,14H,10-13,15H2. The summed E-state index contributed by atoms with van der Waals surface area (Å²) in [5.74, 6) is 0.702. The summed E-state index contributed by atoms with van der Waals surface area (Å²) in [5, 5.41) is 0.718. The minimum absolute atomic E-state index is 0.702. The molecule has 1 fully saturated rings. The molecule has 1 aromatic carbocycles. The fourth-order valence-corrected chi connectivity index (χ4v) is 3.76. The summed E-state index contributed by atoms with van der Waals surface area (Å²) < 4.78 is 7.67. The fourth-order valence-electron chi connectivity index (χ4n) is 3.63. The Balaban J connectivity index is 1.64. The second-order valence-electron chi connectivity index (χ2n) is 7.02. The molecule has 0 radical (unpaired) electrons. The van der Waals surface area contributed by atoms with E-state index in [1.807, 2.05) is 42.5 Å². The Hall–Kier alpha value is -2.80. The normalized spacial score (nSPS) is 15.1. The number of rotatable bonds is 4. The van der Waals surface area contributed by atoms with E-state index in [4.69, 9.17) is 21.3 Å². The first-order chi connectivity index (χ1) is 14.3. The average molecular weight is 406 g/mol. The van der Waals surface area contributed by atoms with Crippen molar-refractivity contribution in [3.63, 3.8) is 0 Å². The van der Waals surface area contributed by atoms with Crippen molar-refractivity contribution in [3.8, 4) is 22.6 Å². The minimum Gasteiger partial charge on any atom is -0.379 e. The van der Waals surface area contributed by atoms with Crippen molar-refractivity contribution in [2.24, 2.45) is 0 Å². The fraction of sp³-hybridized carbons (Fsp3) is 0.227. The first-order valence-corrected chi connectivity index (χ1v) is 10.0. The van der Waals surface area contributed by atoms with Crippen LogP contribution in [-0.2, 0) is 11.3 Å². The number of morpholine rings is 1. The minimum atomic E-state index is 0.702. The first kappa shape index (κ1) is 18.2. The van der Waals surface area contributed by atoms with Gasteiger partial charge in [-0.15, -0.1) is 0 Å². The van der Waals surface area contributed by atoms with Crippen LogP contribution in [0.2, 0.25) is 5.02 Å². The van der Waals surface area contributed by atoms with E-state index in [1.54, 1.807) is 12.4 Å². The van der Waals surface area contributed by atoms with Gasteiger partial charge in [0.1, 0.15) is 5.65 Å². The molecule has 6 nitrogen and oxygen atoms in total. The van der Waals surface area contributed by atoms with E-state index in [2.05, 4.69) is 25.5 Å². The van der Waals surface area contributed by atoms with Gasteiger partial charge in [-0.2, -0.15) is 0 Å². The number of benzene rings is 1. The summed E-state index contributed by atoms with van der Waals surface area (Å²) in [6.45, 7) is 4.14. The molecule has 4 heterocycles. The third-order valence-corrected chi connectivity index (χ3v) is 5.39. The summed E-state index contributed by atoms with van der Waals surface area (Å²) in [7, 11) is 0. The van der Waals surface area contributed by atoms with Crippen LogP contribution >= 0.6 is 11.6 Å². The van der Waals surface area contributed by atoms with E-state index < -0.39 is 0 Å². The molecule has 0 bridgehead atoms. The Morgan fingerprint density at radius 2 is 1.66 bits per heavy atom. The molecule has 0 N–H and O–H groups in total. The molecule has 3 aromatic heterocycles. The predicted octanol–water partition coefficient (Wildman–Crippen LogP) is 3.94. The van der Waals surface area contributed by atoms with E-state index in [-0.39, 0.29) is 0 Å². The lowest BCUT2D eigenvalue weighted by atomic mass is 10.1. The lowest BCUT2D eigenvalue weighted by Gasteiger charge is -2.26. The van der Waals surface area contributed by atoms with Crippen molar-refractivity contribution in [2.75, 3.05) is 26.3 Å². The second-order valence-corrected chi connectivity index (χ2v) is 7.46. The molecule has 5 rings (SSSR count). The van der Waals surface area contributed by atoms with E-state index in [0.717, 1.165) is 66.0 Å². The molecule has 1 aliphatic heterocycles. The monoisotopic (exact) mass is 405 g/mol. The van der Waals surface area contributed by atoms with Gasteiger partial charge in [-0.25, -0.2) is 15.0 Å². The SMILES string of the molecule is Clc1ccc(-c2nc3ccc(-c4ncccn4)cn3c2CN2CCOCC2)cc1. The quantitative estimate of drug-likeness (QED) is 0.514. The molecule has 1 aliphatic rings. The maximum absolute atomic E-state index is 6.10. The largest absolute Gasteiger partial charge is 0.379 e. The zero-order chi connectivity index (χ0) is 19.6. The number of hydrogen-bond acceptors (Lipinski definition) is 5. The average Bonchev–Trinajstić information content (AvgIpc) is 3.13. The van der Waals surface area contributed by atoms with Crippen LogP contribution in [0.1, 0.15) is 5.69 Å². The van der Waals surface area contributed by atoms with Gasteiger partial charge in [-0.05, 0) is 30.3 Å². The molecule has 146 valence electrons. The lowest BCUT2D eigenvalue weighted by Crippen LogP contribution is -2.36. The van der Waals surface area contributed by atoms with Gasteiger partial charge < -0.3 is 9.14 Å². The summed E-state index contributed by atoms with van der Waals surface area (Å²) in [4.78, 5) is 16.1. The van der Waals surface area contributed by atoms with E-state index in [1.165, 1.54) is 0 Å². The third kappa shape index (κ3) is 3.74. The van der Waals surface area contributed by atoms with Crippen molar-refractivity contribution >= 4 is 17.2 Å². The molecule has 0 amide bonds. The maximum Gasteiger partial charge on any atom is 0.160 e. The molecule has 0 unspecified atom stereocenters. The van der Waals surface area contributed by atoms with Crippen LogP contribution in [-0.4, -0.2) is 50.6 Å². The molecule has 0 atom stereocenters. The highest BCUT2D eigenvalue weighted by atomic mass is 35.5. The number of halogens is 1. The van der Waals surface area contributed by atoms with Crippen molar-refractivity contribution in [1.82, 2.24) is 24.3 Å². The lowest BCUT2D eigenvalue weighted by molar-refractivity contribution is 0.0336. The van der Waals surface area contributed by atoms with Gasteiger partial charge in [0, 0.05) is 54.4 Å². The number of pyridine rings is 1. The molecule has 29 heavy (non-hydrogen) atoms. The second kappa shape index (κ2) is 7.91. The Kier molecular flexibility index (Phi) is 4.97. The number of hydrogen-bond donors (Lipinski definition) is 0. The van der Waals surface area contributed by atoms with E-state index >= 15 is 0 Å². The maximum atomic E-state index is 6.10. The van der Waals surface area contributed by atoms with Gasteiger partial charge in [-0.3, -0.25) is 4.90 Å². The Labute approximate surface area is 173 Å². The van der Waals surface area contributed by atoms with Gasteiger partial charge in [0.05, 0.1) is 24.6 Å². The summed E-state index contributed by atoms with van der Waals surface area (Å²) >= 11 is 6.10. The molecular weight excluding hydrogens is 386 g/mol. The highest BCUT2D eigenvalue weighted by Crippen LogP contribution is 2.28. The molecule has 7 heteroatoms. The Bertz CT molecular complexity index is 1120. The summed E-state index contributed by atoms with van der Waals surface area (Å²) in [5.41, 5.74) is 5.03. The number of imidazole rings is 1. The van der Waals surface area contributed by atoms with Crippen molar-refractivity contribution < 1.29 is 4.74 Å². The first-order valence-electron chi connectivity index (χ1n) is 9.62. The molecular formula is C22H20ClN5O. The van der Waals surface area contributed by atoms with Crippen LogP contribution in [0.3, 0.4) is 0 Å². The molecule has 0 aliphatic carbocycles. The van der Waals surface area contributed by atoms with Gasteiger partial charge in [0.15, 0.2) is 5.82 Å². The number of ether oxygens (including phenoxy) is 1. The van der Waals surface area contributed by atoms with E-state index in [0.29, 0.717) is 5.82 Å². The van der Waals surface area contributed by atoms with Gasteiger partial charge in [-0.1, -0.05) is 23.7 Å². The van der Waals surface area contributed by atoms with Crippen molar-refractivity contribution in [2.45, 2.75) is 6.54 Å². The molecule has 0 saturated carbocycles. The summed E-state index contributed by atoms with van der Waals surface area (Å²) in [6, 6.07) is 13.7. The number of fused-ring (bicyclic) bond motifs is 1. The van der Waals surface area contributed by atoms with Crippen LogP contribution < -0.4 is 0 Å². The van der Waals surface area contributed by atoms with Gasteiger partial charge >= 0.3 is 0 Å². The smallest absolute Gasteiger partial charge is 0.160 e. The Morgan fingerprint density at radius 3 is 2.41 bits per heavy atom. The zero-order valence-electron chi connectivity index (χ0n) is 15.8. The van der Waals surface area contributed by atoms with Crippen LogP contribution in [0, 0.1) is 0 Å². The third-order valence-electron chi connectivity index (χ3n) is 5.14. The van der Waals surface area contributed by atoms with Gasteiger partial charge in [0.25, 0.3) is 0 Å².